The second-order valence-electron chi connectivity index (χ2n) is 3.76. The fourth-order valence-corrected chi connectivity index (χ4v) is 1.25. The summed E-state index contributed by atoms with van der Waals surface area (Å²) in [6.45, 7) is 1.44. The van der Waals surface area contributed by atoms with Crippen molar-refractivity contribution in [2.24, 2.45) is 0 Å². The fraction of sp³-hybridized carbons (Fsp3) is 0.400. The second-order valence-corrected chi connectivity index (χ2v) is 4.24. The van der Waals surface area contributed by atoms with Crippen LogP contribution >= 0.6 is 11.6 Å². The topological polar surface area (TPSA) is 42.0 Å². The molecule has 1 aromatic rings. The van der Waals surface area contributed by atoms with Gasteiger partial charge in [0.1, 0.15) is 5.82 Å². The lowest BCUT2D eigenvalue weighted by Gasteiger charge is -2.28. The molecule has 3 nitrogen and oxygen atoms in total. The van der Waals surface area contributed by atoms with Gasteiger partial charge in [0.15, 0.2) is 0 Å². The number of nitrogens with one attached hydrogen (secondary N) is 1. The molecule has 0 aliphatic carbocycles. The van der Waals surface area contributed by atoms with Gasteiger partial charge in [-0.1, -0.05) is 6.07 Å². The third kappa shape index (κ3) is 2.97. The van der Waals surface area contributed by atoms with E-state index in [1.54, 1.807) is 0 Å². The standard InChI is InChI=1S/C10H7ClF6N2O/c1-5-3-2-4-6(18-5)19-7(20)8(12,13)9(14,15)10(11,16)17/h2-4H,1H3,(H,18,19,20). The van der Waals surface area contributed by atoms with Gasteiger partial charge < -0.3 is 5.32 Å². The number of nitrogens with zero attached hydrogens (tertiary/aromatic N) is 1. The minimum absolute atomic E-state index is 0.292. The molecular formula is C10H7ClF6N2O. The number of rotatable bonds is 4. The number of halogens is 7. The number of carbonyl (C=O) groups excluding carboxylic acids is 1. The molecule has 1 amide bonds. The summed E-state index contributed by atoms with van der Waals surface area (Å²) in [6.07, 6.45) is 0. The third-order valence-corrected chi connectivity index (χ3v) is 2.40. The van der Waals surface area contributed by atoms with Gasteiger partial charge >= 0.3 is 23.1 Å². The van der Waals surface area contributed by atoms with Gasteiger partial charge in [-0.05, 0) is 30.7 Å². The Hall–Kier alpha value is -1.51. The molecule has 0 aliphatic rings. The number of alkyl halides is 7. The summed E-state index contributed by atoms with van der Waals surface area (Å²) >= 11 is 3.92. The summed E-state index contributed by atoms with van der Waals surface area (Å²) < 4.78 is 76.5. The average molecular weight is 321 g/mol. The summed E-state index contributed by atoms with van der Waals surface area (Å²) in [5.41, 5.74) is 0.292. The van der Waals surface area contributed by atoms with E-state index in [-0.39, 0.29) is 0 Å². The Balaban J connectivity index is 3.01. The van der Waals surface area contributed by atoms with Crippen molar-refractivity contribution in [1.82, 2.24) is 4.98 Å². The summed E-state index contributed by atoms with van der Waals surface area (Å²) in [4.78, 5) is 14.6. The van der Waals surface area contributed by atoms with Gasteiger partial charge in [-0.25, -0.2) is 4.98 Å². The third-order valence-electron chi connectivity index (χ3n) is 2.17. The highest BCUT2D eigenvalue weighted by Gasteiger charge is 2.74. The minimum atomic E-state index is -6.06. The first-order valence-electron chi connectivity index (χ1n) is 4.97. The molecule has 1 aromatic heterocycles. The van der Waals surface area contributed by atoms with Crippen LogP contribution in [0, 0.1) is 6.92 Å². The number of carbonyl (C=O) groups is 1. The Bertz CT molecular complexity index is 517. The molecule has 0 spiro atoms. The van der Waals surface area contributed by atoms with E-state index in [4.69, 9.17) is 0 Å². The minimum Gasteiger partial charge on any atom is -0.305 e. The van der Waals surface area contributed by atoms with Crippen LogP contribution in [-0.2, 0) is 4.79 Å². The van der Waals surface area contributed by atoms with Crippen molar-refractivity contribution in [3.8, 4) is 0 Å². The number of anilines is 1. The maximum absolute atomic E-state index is 13.1. The largest absolute Gasteiger partial charge is 0.395 e. The van der Waals surface area contributed by atoms with E-state index in [1.165, 1.54) is 24.4 Å². The Morgan fingerprint density at radius 1 is 1.20 bits per heavy atom. The van der Waals surface area contributed by atoms with Gasteiger partial charge in [0.25, 0.3) is 0 Å². The lowest BCUT2D eigenvalue weighted by atomic mass is 10.1. The molecular weight excluding hydrogens is 314 g/mol. The molecule has 1 N–H and O–H groups in total. The first-order chi connectivity index (χ1) is 8.89. The first-order valence-corrected chi connectivity index (χ1v) is 5.35. The van der Waals surface area contributed by atoms with Crippen LogP contribution in [-0.4, -0.2) is 28.1 Å². The number of pyridine rings is 1. The number of hydrogen-bond donors (Lipinski definition) is 1. The molecule has 112 valence electrons. The normalized spacial score (nSPS) is 13.2. The van der Waals surface area contributed by atoms with Gasteiger partial charge in [-0.15, -0.1) is 0 Å². The van der Waals surface area contributed by atoms with Crippen LogP contribution in [0.1, 0.15) is 5.69 Å². The van der Waals surface area contributed by atoms with Gasteiger partial charge in [-0.3, -0.25) is 4.79 Å². The van der Waals surface area contributed by atoms with Crippen LogP contribution in [0.4, 0.5) is 32.2 Å². The van der Waals surface area contributed by atoms with E-state index < -0.39 is 29.0 Å². The SMILES string of the molecule is Cc1cccc(NC(=O)C(F)(F)C(F)(F)C(F)(F)Cl)n1. The smallest absolute Gasteiger partial charge is 0.305 e. The molecule has 0 aliphatic heterocycles. The molecule has 20 heavy (non-hydrogen) atoms. The molecule has 0 aromatic carbocycles. The number of aromatic nitrogens is 1. The Labute approximate surface area is 113 Å². The molecule has 1 heterocycles. The van der Waals surface area contributed by atoms with Crippen LogP contribution in [0.5, 0.6) is 0 Å². The summed E-state index contributed by atoms with van der Waals surface area (Å²) in [5, 5.41) is -4.26. The number of amides is 1. The zero-order valence-electron chi connectivity index (χ0n) is 9.73. The first kappa shape index (κ1) is 16.5. The number of aryl methyl sites for hydroxylation is 1. The Morgan fingerprint density at radius 3 is 2.20 bits per heavy atom. The monoisotopic (exact) mass is 320 g/mol. The summed E-state index contributed by atoms with van der Waals surface area (Å²) in [7, 11) is 0. The molecule has 0 saturated carbocycles. The van der Waals surface area contributed by atoms with E-state index in [9.17, 15) is 31.1 Å². The van der Waals surface area contributed by atoms with Crippen LogP contribution < -0.4 is 5.32 Å². The van der Waals surface area contributed by atoms with Gasteiger partial charge in [-0.2, -0.15) is 26.3 Å². The van der Waals surface area contributed by atoms with Gasteiger partial charge in [0, 0.05) is 5.69 Å². The van der Waals surface area contributed by atoms with Crippen molar-refractivity contribution in [3.63, 3.8) is 0 Å². The average Bonchev–Trinajstić information content (AvgIpc) is 2.27. The Kier molecular flexibility index (Phi) is 4.23. The van der Waals surface area contributed by atoms with E-state index in [1.807, 2.05) is 0 Å². The molecule has 0 bridgehead atoms. The van der Waals surface area contributed by atoms with Crippen molar-refractivity contribution in [1.29, 1.82) is 0 Å². The quantitative estimate of drug-likeness (QED) is 0.682. The van der Waals surface area contributed by atoms with E-state index in [2.05, 4.69) is 16.6 Å². The molecule has 0 radical (unpaired) electrons. The highest BCUT2D eigenvalue weighted by atomic mass is 35.5. The fourth-order valence-electron chi connectivity index (χ4n) is 1.13. The number of hydrogen-bond acceptors (Lipinski definition) is 2. The van der Waals surface area contributed by atoms with Crippen molar-refractivity contribution in [2.75, 3.05) is 5.32 Å². The maximum atomic E-state index is 13.1. The summed E-state index contributed by atoms with van der Waals surface area (Å²) in [6, 6.07) is 3.76. The van der Waals surface area contributed by atoms with Gasteiger partial charge in [0.2, 0.25) is 0 Å². The van der Waals surface area contributed by atoms with E-state index in [0.29, 0.717) is 5.69 Å². The lowest BCUT2D eigenvalue weighted by molar-refractivity contribution is -0.266. The predicted octanol–water partition coefficient (Wildman–Crippen LogP) is 3.43. The van der Waals surface area contributed by atoms with Crippen molar-refractivity contribution < 1.29 is 31.1 Å². The van der Waals surface area contributed by atoms with E-state index >= 15 is 0 Å². The van der Waals surface area contributed by atoms with Crippen LogP contribution in [0.15, 0.2) is 18.2 Å². The van der Waals surface area contributed by atoms with Crippen LogP contribution in [0.3, 0.4) is 0 Å². The second kappa shape index (κ2) is 5.12. The lowest BCUT2D eigenvalue weighted by Crippen LogP contribution is -2.57. The highest BCUT2D eigenvalue weighted by molar-refractivity contribution is 6.22. The molecule has 0 fully saturated rings. The van der Waals surface area contributed by atoms with E-state index in [0.717, 1.165) is 6.07 Å². The summed E-state index contributed by atoms with van der Waals surface area (Å²) in [5.74, 6) is -14.9. The maximum Gasteiger partial charge on any atom is 0.395 e. The zero-order chi connectivity index (χ0) is 15.8. The van der Waals surface area contributed by atoms with Crippen molar-refractivity contribution in [3.05, 3.63) is 23.9 Å². The van der Waals surface area contributed by atoms with Crippen LogP contribution in [0.2, 0.25) is 0 Å². The molecule has 0 unspecified atom stereocenters. The predicted molar refractivity (Wildman–Crippen MR) is 58.3 cm³/mol. The molecule has 0 atom stereocenters. The van der Waals surface area contributed by atoms with Crippen molar-refractivity contribution >= 4 is 23.3 Å². The van der Waals surface area contributed by atoms with Crippen molar-refractivity contribution in [2.45, 2.75) is 24.2 Å². The van der Waals surface area contributed by atoms with Crippen LogP contribution in [0.25, 0.3) is 0 Å². The molecule has 1 rings (SSSR count). The Morgan fingerprint density at radius 2 is 1.75 bits per heavy atom. The van der Waals surface area contributed by atoms with Gasteiger partial charge in [0.05, 0.1) is 0 Å². The zero-order valence-corrected chi connectivity index (χ0v) is 10.5. The molecule has 10 heteroatoms. The highest BCUT2D eigenvalue weighted by Crippen LogP contribution is 2.48. The molecule has 0 saturated heterocycles.